The number of nitrogens with zero attached hydrogens (tertiary/aromatic N) is 4. The predicted octanol–water partition coefficient (Wildman–Crippen LogP) is 2.76. The minimum Gasteiger partial charge on any atom is -0.478 e. The highest BCUT2D eigenvalue weighted by Crippen LogP contribution is 2.30. The number of ether oxygens (including phenoxy) is 1. The SMILES string of the molecule is COc1nn(C)cc1NC1N=CC(C)=C(c2c[nH]c3c(Cl)nccc23)N1. The quantitative estimate of drug-likeness (QED) is 0.613. The van der Waals surface area contributed by atoms with E-state index in [1.165, 1.54) is 0 Å². The van der Waals surface area contributed by atoms with Crippen molar-refractivity contribution in [2.24, 2.45) is 12.0 Å². The Morgan fingerprint density at radius 2 is 2.23 bits per heavy atom. The molecule has 1 unspecified atom stereocenters. The molecule has 0 aliphatic carbocycles. The third-order valence-corrected chi connectivity index (χ3v) is 4.48. The van der Waals surface area contributed by atoms with Gasteiger partial charge < -0.3 is 20.4 Å². The van der Waals surface area contributed by atoms with Gasteiger partial charge in [-0.1, -0.05) is 11.6 Å². The van der Waals surface area contributed by atoms with E-state index in [0.29, 0.717) is 11.0 Å². The van der Waals surface area contributed by atoms with Crippen molar-refractivity contribution >= 4 is 40.1 Å². The molecule has 8 nitrogen and oxygen atoms in total. The zero-order valence-electron chi connectivity index (χ0n) is 14.5. The maximum Gasteiger partial charge on any atom is 0.256 e. The number of nitrogens with one attached hydrogen (secondary N) is 3. The van der Waals surface area contributed by atoms with E-state index in [1.807, 2.05) is 38.6 Å². The molecule has 3 N–H and O–H groups in total. The van der Waals surface area contributed by atoms with Crippen molar-refractivity contribution in [1.82, 2.24) is 25.1 Å². The van der Waals surface area contributed by atoms with E-state index in [-0.39, 0.29) is 6.29 Å². The van der Waals surface area contributed by atoms with Crippen LogP contribution >= 0.6 is 11.6 Å². The Kier molecular flexibility index (Phi) is 4.04. The number of rotatable bonds is 4. The first-order valence-corrected chi connectivity index (χ1v) is 8.41. The van der Waals surface area contributed by atoms with Crippen LogP contribution in [0.2, 0.25) is 5.15 Å². The Morgan fingerprint density at radius 1 is 1.38 bits per heavy atom. The van der Waals surface area contributed by atoms with Crippen molar-refractivity contribution in [3.05, 3.63) is 40.9 Å². The van der Waals surface area contributed by atoms with Gasteiger partial charge in [0.05, 0.1) is 24.5 Å². The molecule has 4 rings (SSSR count). The number of aliphatic imine (C=N–C) groups is 1. The van der Waals surface area contributed by atoms with Gasteiger partial charge in [-0.05, 0) is 18.6 Å². The highest BCUT2D eigenvalue weighted by Gasteiger charge is 2.20. The van der Waals surface area contributed by atoms with Crippen molar-refractivity contribution in [2.45, 2.75) is 13.2 Å². The molecular weight excluding hydrogens is 354 g/mol. The molecule has 1 aliphatic rings. The first-order chi connectivity index (χ1) is 12.6. The lowest BCUT2D eigenvalue weighted by Crippen LogP contribution is -2.36. The summed E-state index contributed by atoms with van der Waals surface area (Å²) in [4.78, 5) is 11.8. The van der Waals surface area contributed by atoms with Crippen LogP contribution in [-0.4, -0.2) is 39.4 Å². The molecule has 4 heterocycles. The molecule has 1 aliphatic heterocycles. The third kappa shape index (κ3) is 2.78. The number of methoxy groups -OCH3 is 1. The minimum absolute atomic E-state index is 0.353. The molecule has 0 aromatic carbocycles. The number of aromatic nitrogens is 4. The van der Waals surface area contributed by atoms with Gasteiger partial charge in [0.2, 0.25) is 0 Å². The molecule has 0 saturated carbocycles. The monoisotopic (exact) mass is 371 g/mol. The summed E-state index contributed by atoms with van der Waals surface area (Å²) in [5.74, 6) is 0.516. The zero-order chi connectivity index (χ0) is 18.3. The van der Waals surface area contributed by atoms with E-state index in [9.17, 15) is 0 Å². The largest absolute Gasteiger partial charge is 0.478 e. The van der Waals surface area contributed by atoms with Crippen molar-refractivity contribution in [2.75, 3.05) is 12.4 Å². The van der Waals surface area contributed by atoms with Crippen LogP contribution in [0.1, 0.15) is 12.5 Å². The summed E-state index contributed by atoms with van der Waals surface area (Å²) < 4.78 is 6.97. The lowest BCUT2D eigenvalue weighted by atomic mass is 10.1. The fourth-order valence-electron chi connectivity index (χ4n) is 2.99. The number of pyridine rings is 1. The molecule has 0 radical (unpaired) electrons. The number of hydrogen-bond donors (Lipinski definition) is 3. The Bertz CT molecular complexity index is 1030. The van der Waals surface area contributed by atoms with Crippen LogP contribution in [0.5, 0.6) is 5.88 Å². The lowest BCUT2D eigenvalue weighted by molar-refractivity contribution is 0.392. The van der Waals surface area contributed by atoms with Crippen LogP contribution in [0.4, 0.5) is 5.69 Å². The minimum atomic E-state index is -0.353. The zero-order valence-corrected chi connectivity index (χ0v) is 15.3. The van der Waals surface area contributed by atoms with E-state index in [4.69, 9.17) is 16.3 Å². The molecule has 3 aromatic heterocycles. The average Bonchev–Trinajstić information content (AvgIpc) is 3.21. The van der Waals surface area contributed by atoms with Gasteiger partial charge in [0, 0.05) is 36.6 Å². The van der Waals surface area contributed by atoms with Crippen molar-refractivity contribution in [3.63, 3.8) is 0 Å². The second kappa shape index (κ2) is 6.38. The molecule has 0 amide bonds. The molecule has 9 heteroatoms. The van der Waals surface area contributed by atoms with Gasteiger partial charge in [0.15, 0.2) is 11.4 Å². The molecule has 0 spiro atoms. The summed E-state index contributed by atoms with van der Waals surface area (Å²) in [5, 5.41) is 12.4. The summed E-state index contributed by atoms with van der Waals surface area (Å²) in [6.45, 7) is 2.01. The molecule has 0 bridgehead atoms. The van der Waals surface area contributed by atoms with E-state index in [1.54, 1.807) is 18.0 Å². The summed E-state index contributed by atoms with van der Waals surface area (Å²) >= 11 is 6.18. The lowest BCUT2D eigenvalue weighted by Gasteiger charge is -2.24. The maximum absolute atomic E-state index is 6.18. The summed E-state index contributed by atoms with van der Waals surface area (Å²) in [7, 11) is 3.43. The van der Waals surface area contributed by atoms with E-state index >= 15 is 0 Å². The second-order valence-electron chi connectivity index (χ2n) is 5.98. The number of hydrogen-bond acceptors (Lipinski definition) is 6. The molecule has 134 valence electrons. The van der Waals surface area contributed by atoms with Gasteiger partial charge in [-0.3, -0.25) is 4.68 Å². The van der Waals surface area contributed by atoms with Crippen LogP contribution in [0.3, 0.4) is 0 Å². The van der Waals surface area contributed by atoms with E-state index in [0.717, 1.165) is 33.4 Å². The van der Waals surface area contributed by atoms with Gasteiger partial charge in [0.1, 0.15) is 5.69 Å². The predicted molar refractivity (Wildman–Crippen MR) is 102 cm³/mol. The topological polar surface area (TPSA) is 92.1 Å². The van der Waals surface area contributed by atoms with E-state index < -0.39 is 0 Å². The number of halogens is 1. The van der Waals surface area contributed by atoms with Crippen LogP contribution in [0, 0.1) is 0 Å². The standard InChI is InChI=1S/C17H18ClN7O/c1-9-6-21-17(22-12-8-25(2)24-16(12)26-3)23-13(9)11-7-20-14-10(11)4-5-19-15(14)18/h4-8,17,20,22-23H,1-3H3. The highest BCUT2D eigenvalue weighted by atomic mass is 35.5. The van der Waals surface area contributed by atoms with Gasteiger partial charge in [-0.15, -0.1) is 5.10 Å². The molecule has 0 saturated heterocycles. The van der Waals surface area contributed by atoms with Crippen LogP contribution < -0.4 is 15.4 Å². The molecule has 0 fully saturated rings. The summed E-state index contributed by atoms with van der Waals surface area (Å²) in [6, 6.07) is 1.94. The average molecular weight is 372 g/mol. The summed E-state index contributed by atoms with van der Waals surface area (Å²) in [6.07, 6.45) is 6.95. The Hall–Kier alpha value is -3.00. The van der Waals surface area contributed by atoms with Gasteiger partial charge in [0.25, 0.3) is 5.88 Å². The Morgan fingerprint density at radius 3 is 3.04 bits per heavy atom. The van der Waals surface area contributed by atoms with Gasteiger partial charge in [-0.2, -0.15) is 0 Å². The second-order valence-corrected chi connectivity index (χ2v) is 6.34. The molecule has 26 heavy (non-hydrogen) atoms. The smallest absolute Gasteiger partial charge is 0.256 e. The van der Waals surface area contributed by atoms with E-state index in [2.05, 4.69) is 30.7 Å². The van der Waals surface area contributed by atoms with Gasteiger partial charge >= 0.3 is 0 Å². The van der Waals surface area contributed by atoms with Crippen LogP contribution in [0.15, 0.2) is 35.2 Å². The van der Waals surface area contributed by atoms with Crippen LogP contribution in [-0.2, 0) is 7.05 Å². The molecule has 3 aromatic rings. The van der Waals surface area contributed by atoms with Crippen molar-refractivity contribution in [3.8, 4) is 5.88 Å². The molecular formula is C17H18ClN7O. The first-order valence-electron chi connectivity index (χ1n) is 8.03. The number of allylic oxidation sites excluding steroid dienone is 1. The molecule has 1 atom stereocenters. The maximum atomic E-state index is 6.18. The normalized spacial score (nSPS) is 16.8. The summed E-state index contributed by atoms with van der Waals surface area (Å²) in [5.41, 5.74) is 4.57. The van der Waals surface area contributed by atoms with Crippen molar-refractivity contribution < 1.29 is 4.74 Å². The first kappa shape index (κ1) is 16.5. The number of aromatic amines is 1. The number of H-pyrrole nitrogens is 1. The number of anilines is 1. The fourth-order valence-corrected chi connectivity index (χ4v) is 3.21. The number of aryl methyl sites for hydroxylation is 1. The van der Waals surface area contributed by atoms with Gasteiger partial charge in [-0.25, -0.2) is 9.98 Å². The fraction of sp³-hybridized carbons (Fsp3) is 0.235. The Labute approximate surface area is 154 Å². The highest BCUT2D eigenvalue weighted by molar-refractivity contribution is 6.34. The third-order valence-electron chi connectivity index (χ3n) is 4.20. The number of fused-ring (bicyclic) bond motifs is 1. The van der Waals surface area contributed by atoms with Crippen molar-refractivity contribution in [1.29, 1.82) is 0 Å². The Balaban J connectivity index is 1.65. The van der Waals surface area contributed by atoms with Crippen LogP contribution in [0.25, 0.3) is 16.6 Å².